The summed E-state index contributed by atoms with van der Waals surface area (Å²) in [5.41, 5.74) is 1.96. The Hall–Kier alpha value is -1.84. The molecule has 0 amide bonds. The number of halogens is 2. The van der Waals surface area contributed by atoms with Crippen molar-refractivity contribution in [1.82, 2.24) is 10.2 Å². The van der Waals surface area contributed by atoms with Crippen LogP contribution in [-0.2, 0) is 12.8 Å². The predicted octanol–water partition coefficient (Wildman–Crippen LogP) is 7.30. The van der Waals surface area contributed by atoms with Crippen LogP contribution in [0, 0.1) is 23.5 Å². The number of hydrogen-bond donors (Lipinski definition) is 0. The van der Waals surface area contributed by atoms with Gasteiger partial charge in [0.1, 0.15) is 0 Å². The zero-order chi connectivity index (χ0) is 20.6. The molecule has 1 aliphatic rings. The quantitative estimate of drug-likeness (QED) is 0.441. The van der Waals surface area contributed by atoms with Crippen LogP contribution in [0.3, 0.4) is 0 Å². The molecule has 158 valence electrons. The molecule has 3 rings (SSSR count). The normalized spacial score (nSPS) is 19.4. The molecule has 1 aromatic heterocycles. The van der Waals surface area contributed by atoms with Gasteiger partial charge in [0.2, 0.25) is 0 Å². The van der Waals surface area contributed by atoms with Crippen LogP contribution in [0.15, 0.2) is 24.3 Å². The lowest BCUT2D eigenvalue weighted by atomic mass is 9.78. The lowest BCUT2D eigenvalue weighted by molar-refractivity contribution is 0.251. The van der Waals surface area contributed by atoms with Crippen LogP contribution >= 0.6 is 0 Å². The fourth-order valence-corrected chi connectivity index (χ4v) is 4.55. The van der Waals surface area contributed by atoms with Gasteiger partial charge < -0.3 is 0 Å². The van der Waals surface area contributed by atoms with Crippen LogP contribution < -0.4 is 0 Å². The molecule has 2 nitrogen and oxygen atoms in total. The van der Waals surface area contributed by atoms with Gasteiger partial charge in [0.25, 0.3) is 0 Å². The molecule has 0 aliphatic heterocycles. The Kier molecular flexibility index (Phi) is 8.14. The van der Waals surface area contributed by atoms with Gasteiger partial charge >= 0.3 is 0 Å². The van der Waals surface area contributed by atoms with Crippen molar-refractivity contribution in [2.24, 2.45) is 11.8 Å². The fraction of sp³-hybridized carbons (Fsp3) is 0.600. The second-order valence-corrected chi connectivity index (χ2v) is 8.63. The first-order chi connectivity index (χ1) is 14.1. The Labute approximate surface area is 174 Å². The van der Waals surface area contributed by atoms with Crippen molar-refractivity contribution < 1.29 is 8.78 Å². The Morgan fingerprint density at radius 2 is 1.52 bits per heavy atom. The summed E-state index contributed by atoms with van der Waals surface area (Å²) in [7, 11) is 0. The lowest BCUT2D eigenvalue weighted by Gasteiger charge is -2.28. The van der Waals surface area contributed by atoms with Crippen molar-refractivity contribution in [3.8, 4) is 11.3 Å². The maximum atomic E-state index is 14.7. The molecule has 1 aliphatic carbocycles. The van der Waals surface area contributed by atoms with Crippen molar-refractivity contribution >= 4 is 0 Å². The molecule has 0 atom stereocenters. The summed E-state index contributed by atoms with van der Waals surface area (Å²) in [4.78, 5) is 0. The highest BCUT2D eigenvalue weighted by atomic mass is 19.2. The Bertz CT molecular complexity index is 765. The summed E-state index contributed by atoms with van der Waals surface area (Å²) < 4.78 is 29.4. The number of benzene rings is 1. The number of unbranched alkanes of at least 4 members (excludes halogenated alkanes) is 1. The van der Waals surface area contributed by atoms with E-state index in [-0.39, 0.29) is 5.56 Å². The molecular weight excluding hydrogens is 366 g/mol. The van der Waals surface area contributed by atoms with Gasteiger partial charge in [-0.2, -0.15) is 10.2 Å². The molecule has 29 heavy (non-hydrogen) atoms. The summed E-state index contributed by atoms with van der Waals surface area (Å²) in [6.45, 7) is 4.37. The number of nitrogens with zero attached hydrogens (tertiary/aromatic N) is 2. The van der Waals surface area contributed by atoms with Crippen LogP contribution in [0.4, 0.5) is 8.78 Å². The van der Waals surface area contributed by atoms with E-state index in [1.165, 1.54) is 38.5 Å². The molecule has 1 saturated carbocycles. The van der Waals surface area contributed by atoms with E-state index in [2.05, 4.69) is 24.0 Å². The number of aromatic nitrogens is 2. The third kappa shape index (κ3) is 5.83. The second kappa shape index (κ2) is 10.8. The molecule has 0 N–H and O–H groups in total. The van der Waals surface area contributed by atoms with Crippen molar-refractivity contribution in [3.05, 3.63) is 47.2 Å². The van der Waals surface area contributed by atoms with Gasteiger partial charge in [-0.15, -0.1) is 0 Å². The van der Waals surface area contributed by atoms with Crippen LogP contribution in [-0.4, -0.2) is 10.2 Å². The zero-order valence-electron chi connectivity index (χ0n) is 17.9. The topological polar surface area (TPSA) is 25.8 Å². The van der Waals surface area contributed by atoms with E-state index >= 15 is 0 Å². The Balaban J connectivity index is 1.61. The molecule has 0 saturated heterocycles. The third-order valence-electron chi connectivity index (χ3n) is 6.43. The van der Waals surface area contributed by atoms with Crippen molar-refractivity contribution in [3.63, 3.8) is 0 Å². The first-order valence-electron chi connectivity index (χ1n) is 11.4. The number of hydrogen-bond acceptors (Lipinski definition) is 2. The molecule has 2 aromatic rings. The summed E-state index contributed by atoms with van der Waals surface area (Å²) in [5, 5.41) is 8.28. The molecule has 1 fully saturated rings. The summed E-state index contributed by atoms with van der Waals surface area (Å²) in [6.07, 6.45) is 12.2. The first kappa shape index (κ1) is 21.9. The van der Waals surface area contributed by atoms with Crippen LogP contribution in [0.5, 0.6) is 0 Å². The van der Waals surface area contributed by atoms with E-state index in [9.17, 15) is 8.78 Å². The largest absolute Gasteiger partial charge is 0.203 e. The van der Waals surface area contributed by atoms with Gasteiger partial charge in [-0.1, -0.05) is 64.9 Å². The highest BCUT2D eigenvalue weighted by molar-refractivity contribution is 5.60. The van der Waals surface area contributed by atoms with Crippen molar-refractivity contribution in [2.75, 3.05) is 0 Å². The minimum absolute atomic E-state index is 0.195. The first-order valence-corrected chi connectivity index (χ1v) is 11.4. The van der Waals surface area contributed by atoms with E-state index in [1.807, 2.05) is 6.07 Å². The molecule has 0 radical (unpaired) electrons. The summed E-state index contributed by atoms with van der Waals surface area (Å²) in [5.74, 6) is -0.00486. The van der Waals surface area contributed by atoms with Crippen LogP contribution in [0.25, 0.3) is 11.3 Å². The molecule has 0 bridgehead atoms. The van der Waals surface area contributed by atoms with Gasteiger partial charge in [0.15, 0.2) is 11.6 Å². The minimum Gasteiger partial charge on any atom is -0.203 e. The van der Waals surface area contributed by atoms with E-state index in [1.54, 1.807) is 18.2 Å². The van der Waals surface area contributed by atoms with E-state index in [0.717, 1.165) is 37.3 Å². The van der Waals surface area contributed by atoms with Gasteiger partial charge in [0, 0.05) is 5.56 Å². The molecule has 0 unspecified atom stereocenters. The average Bonchev–Trinajstić information content (AvgIpc) is 2.75. The molecular formula is C25H34F2N2. The zero-order valence-corrected chi connectivity index (χ0v) is 17.9. The summed E-state index contributed by atoms with van der Waals surface area (Å²) in [6, 6.07) is 6.98. The van der Waals surface area contributed by atoms with E-state index in [4.69, 9.17) is 0 Å². The molecule has 1 aromatic carbocycles. The molecule has 4 heteroatoms. The van der Waals surface area contributed by atoms with Crippen LogP contribution in [0.1, 0.15) is 82.9 Å². The lowest BCUT2D eigenvalue weighted by Crippen LogP contribution is -2.15. The Morgan fingerprint density at radius 1 is 0.793 bits per heavy atom. The summed E-state index contributed by atoms with van der Waals surface area (Å²) >= 11 is 0. The Morgan fingerprint density at radius 3 is 2.14 bits per heavy atom. The third-order valence-corrected chi connectivity index (χ3v) is 6.43. The van der Waals surface area contributed by atoms with Gasteiger partial charge in [-0.05, 0) is 61.3 Å². The van der Waals surface area contributed by atoms with E-state index < -0.39 is 11.6 Å². The second-order valence-electron chi connectivity index (χ2n) is 8.63. The molecule has 1 heterocycles. The van der Waals surface area contributed by atoms with Gasteiger partial charge in [-0.25, -0.2) is 8.78 Å². The standard InChI is InChI=1S/C25H34F2N2/c1-3-5-7-21-15-17-23(29-28-21)22-16-14-20(24(26)25(22)27)13-12-19-10-8-18(6-4-2)9-11-19/h14-19H,3-13H2,1-2H3/t18-,19-. The molecule has 0 spiro atoms. The minimum atomic E-state index is -0.801. The van der Waals surface area contributed by atoms with E-state index in [0.29, 0.717) is 23.6 Å². The maximum Gasteiger partial charge on any atom is 0.168 e. The van der Waals surface area contributed by atoms with Gasteiger partial charge in [0.05, 0.1) is 11.4 Å². The SMILES string of the molecule is CCCCc1ccc(-c2ccc(CC[C@H]3CC[C@H](CCC)CC3)c(F)c2F)nn1. The highest BCUT2D eigenvalue weighted by Crippen LogP contribution is 2.34. The average molecular weight is 401 g/mol. The fourth-order valence-electron chi connectivity index (χ4n) is 4.55. The van der Waals surface area contributed by atoms with Crippen molar-refractivity contribution in [1.29, 1.82) is 0 Å². The van der Waals surface area contributed by atoms with Crippen LogP contribution in [0.2, 0.25) is 0 Å². The highest BCUT2D eigenvalue weighted by Gasteiger charge is 2.22. The monoisotopic (exact) mass is 400 g/mol. The number of rotatable bonds is 9. The maximum absolute atomic E-state index is 14.7. The van der Waals surface area contributed by atoms with Crippen molar-refractivity contribution in [2.45, 2.75) is 84.5 Å². The number of aryl methyl sites for hydroxylation is 2. The predicted molar refractivity (Wildman–Crippen MR) is 115 cm³/mol. The van der Waals surface area contributed by atoms with Gasteiger partial charge in [-0.3, -0.25) is 0 Å². The smallest absolute Gasteiger partial charge is 0.168 e.